The van der Waals surface area contributed by atoms with Crippen LogP contribution in [-0.4, -0.2) is 0 Å². The number of nitriles is 1. The summed E-state index contributed by atoms with van der Waals surface area (Å²) in [6.45, 7) is 6.34. The van der Waals surface area contributed by atoms with E-state index in [0.29, 0.717) is 0 Å². The van der Waals surface area contributed by atoms with Gasteiger partial charge in [0.05, 0.1) is 11.6 Å². The van der Waals surface area contributed by atoms with Gasteiger partial charge in [-0.1, -0.05) is 26.3 Å². The highest BCUT2D eigenvalue weighted by Gasteiger charge is 2.04. The number of hydrogen-bond acceptors (Lipinski definition) is 1. The molecule has 0 radical (unpaired) electrons. The Morgan fingerprint density at radius 3 is 2.65 bits per heavy atom. The monoisotopic (exact) mass is 225 g/mol. The number of rotatable bonds is 4. The molecule has 1 heteroatoms. The fourth-order valence-corrected chi connectivity index (χ4v) is 1.83. The lowest BCUT2D eigenvalue weighted by molar-refractivity contribution is 0.972. The number of aryl methyl sites for hydroxylation is 1. The van der Waals surface area contributed by atoms with Gasteiger partial charge < -0.3 is 0 Å². The van der Waals surface area contributed by atoms with E-state index < -0.39 is 0 Å². The van der Waals surface area contributed by atoms with Crippen LogP contribution in [0.4, 0.5) is 0 Å². The van der Waals surface area contributed by atoms with Crippen molar-refractivity contribution in [2.24, 2.45) is 0 Å². The summed E-state index contributed by atoms with van der Waals surface area (Å²) in [5.74, 6) is 0. The van der Waals surface area contributed by atoms with E-state index in [-0.39, 0.29) is 0 Å². The van der Waals surface area contributed by atoms with Crippen molar-refractivity contribution in [3.63, 3.8) is 0 Å². The molecule has 0 saturated carbocycles. The fourth-order valence-electron chi connectivity index (χ4n) is 1.83. The fraction of sp³-hybridized carbons (Fsp3) is 0.375. The first-order valence-corrected chi connectivity index (χ1v) is 6.18. The SMILES string of the molecule is CCC=C=C(CCC)c1ccc(C#N)cc1C. The summed E-state index contributed by atoms with van der Waals surface area (Å²) in [6, 6.07) is 8.03. The first-order valence-electron chi connectivity index (χ1n) is 6.18. The maximum atomic E-state index is 8.86. The Kier molecular flexibility index (Phi) is 5.27. The van der Waals surface area contributed by atoms with Gasteiger partial charge in [-0.25, -0.2) is 0 Å². The van der Waals surface area contributed by atoms with Crippen LogP contribution in [0, 0.1) is 18.3 Å². The number of hydrogen-bond donors (Lipinski definition) is 0. The molecule has 0 N–H and O–H groups in total. The summed E-state index contributed by atoms with van der Waals surface area (Å²) >= 11 is 0. The summed E-state index contributed by atoms with van der Waals surface area (Å²) < 4.78 is 0. The third-order valence-electron chi connectivity index (χ3n) is 2.66. The molecule has 1 aromatic carbocycles. The molecule has 0 saturated heterocycles. The second-order valence-electron chi connectivity index (χ2n) is 4.13. The molecule has 1 nitrogen and oxygen atoms in total. The topological polar surface area (TPSA) is 23.8 Å². The van der Waals surface area contributed by atoms with Crippen molar-refractivity contribution in [3.8, 4) is 6.07 Å². The molecule has 0 unspecified atom stereocenters. The molecule has 1 rings (SSSR count). The Hall–Kier alpha value is -1.77. The minimum Gasteiger partial charge on any atom is -0.192 e. The molecule has 0 spiro atoms. The van der Waals surface area contributed by atoms with Crippen LogP contribution in [0.25, 0.3) is 5.57 Å². The number of allylic oxidation sites excluding steroid dienone is 1. The average Bonchev–Trinajstić information content (AvgIpc) is 2.34. The van der Waals surface area contributed by atoms with E-state index in [9.17, 15) is 0 Å². The summed E-state index contributed by atoms with van der Waals surface area (Å²) in [6.07, 6.45) is 5.22. The molecular weight excluding hydrogens is 206 g/mol. The summed E-state index contributed by atoms with van der Waals surface area (Å²) in [4.78, 5) is 0. The van der Waals surface area contributed by atoms with Crippen LogP contribution >= 0.6 is 0 Å². The smallest absolute Gasteiger partial charge is 0.0991 e. The average molecular weight is 225 g/mol. The van der Waals surface area contributed by atoms with Crippen molar-refractivity contribution in [1.29, 1.82) is 5.26 Å². The lowest BCUT2D eigenvalue weighted by atomic mass is 9.96. The normalized spacial score (nSPS) is 9.29. The number of nitrogens with zero attached hydrogens (tertiary/aromatic N) is 1. The first kappa shape index (κ1) is 13.3. The molecular formula is C16H19N. The van der Waals surface area contributed by atoms with Crippen LogP contribution in [0.5, 0.6) is 0 Å². The Balaban J connectivity index is 3.21. The van der Waals surface area contributed by atoms with Crippen molar-refractivity contribution in [2.75, 3.05) is 0 Å². The highest BCUT2D eigenvalue weighted by atomic mass is 14.2. The molecule has 0 bridgehead atoms. The van der Waals surface area contributed by atoms with Gasteiger partial charge in [0.25, 0.3) is 0 Å². The van der Waals surface area contributed by atoms with Gasteiger partial charge >= 0.3 is 0 Å². The molecule has 0 amide bonds. The van der Waals surface area contributed by atoms with E-state index in [1.165, 1.54) is 11.1 Å². The quantitative estimate of drug-likeness (QED) is 0.686. The Bertz CT molecular complexity index is 483. The van der Waals surface area contributed by atoms with Crippen LogP contribution in [0.15, 0.2) is 30.0 Å². The van der Waals surface area contributed by atoms with Gasteiger partial charge in [0.1, 0.15) is 0 Å². The minimum absolute atomic E-state index is 0.724. The highest BCUT2D eigenvalue weighted by molar-refractivity contribution is 5.68. The van der Waals surface area contributed by atoms with Crippen molar-refractivity contribution in [3.05, 3.63) is 46.7 Å². The summed E-state index contributed by atoms with van der Waals surface area (Å²) in [5.41, 5.74) is 7.72. The van der Waals surface area contributed by atoms with Crippen molar-refractivity contribution in [1.82, 2.24) is 0 Å². The van der Waals surface area contributed by atoms with E-state index in [4.69, 9.17) is 5.26 Å². The predicted octanol–water partition coefficient (Wildman–Crippen LogP) is 4.62. The Morgan fingerprint density at radius 1 is 1.35 bits per heavy atom. The molecule has 0 heterocycles. The largest absolute Gasteiger partial charge is 0.192 e. The van der Waals surface area contributed by atoms with E-state index in [2.05, 4.69) is 38.6 Å². The Morgan fingerprint density at radius 2 is 2.12 bits per heavy atom. The maximum Gasteiger partial charge on any atom is 0.0991 e. The van der Waals surface area contributed by atoms with Gasteiger partial charge in [-0.2, -0.15) is 5.26 Å². The lowest BCUT2D eigenvalue weighted by Gasteiger charge is -2.08. The summed E-state index contributed by atoms with van der Waals surface area (Å²) in [5, 5.41) is 8.86. The first-order chi connectivity index (χ1) is 8.22. The van der Waals surface area contributed by atoms with Gasteiger partial charge in [-0.05, 0) is 49.1 Å². The van der Waals surface area contributed by atoms with Crippen LogP contribution in [0.2, 0.25) is 0 Å². The second-order valence-corrected chi connectivity index (χ2v) is 4.13. The van der Waals surface area contributed by atoms with Crippen molar-refractivity contribution in [2.45, 2.75) is 40.0 Å². The molecule has 0 atom stereocenters. The molecule has 17 heavy (non-hydrogen) atoms. The maximum absolute atomic E-state index is 8.86. The van der Waals surface area contributed by atoms with E-state index in [1.807, 2.05) is 18.2 Å². The van der Waals surface area contributed by atoms with Crippen molar-refractivity contribution >= 4 is 5.57 Å². The van der Waals surface area contributed by atoms with Crippen LogP contribution in [0.3, 0.4) is 0 Å². The van der Waals surface area contributed by atoms with Gasteiger partial charge in [0.2, 0.25) is 0 Å². The highest BCUT2D eigenvalue weighted by Crippen LogP contribution is 2.23. The summed E-state index contributed by atoms with van der Waals surface area (Å²) in [7, 11) is 0. The van der Waals surface area contributed by atoms with Gasteiger partial charge in [0.15, 0.2) is 0 Å². The molecule has 0 aliphatic rings. The molecule has 0 aliphatic heterocycles. The van der Waals surface area contributed by atoms with E-state index in [0.717, 1.165) is 30.4 Å². The molecule has 88 valence electrons. The molecule has 0 aliphatic carbocycles. The zero-order valence-corrected chi connectivity index (χ0v) is 10.9. The zero-order valence-electron chi connectivity index (χ0n) is 10.9. The third-order valence-corrected chi connectivity index (χ3v) is 2.66. The Labute approximate surface area is 104 Å². The van der Waals surface area contributed by atoms with E-state index in [1.54, 1.807) is 0 Å². The zero-order chi connectivity index (χ0) is 12.7. The van der Waals surface area contributed by atoms with Gasteiger partial charge in [-0.15, -0.1) is 5.73 Å². The standard InChI is InChI=1S/C16H19N/c1-4-6-8-15(7-5-2)16-10-9-14(12-17)11-13(16)3/h6,9-11H,4-5,7H2,1-3H3. The predicted molar refractivity (Wildman–Crippen MR) is 72.6 cm³/mol. The number of benzene rings is 1. The minimum atomic E-state index is 0.724. The molecule has 1 aromatic rings. The molecule has 0 aromatic heterocycles. The lowest BCUT2D eigenvalue weighted by Crippen LogP contribution is -1.89. The van der Waals surface area contributed by atoms with Crippen LogP contribution < -0.4 is 0 Å². The van der Waals surface area contributed by atoms with Gasteiger partial charge in [0, 0.05) is 5.57 Å². The van der Waals surface area contributed by atoms with E-state index >= 15 is 0 Å². The second kappa shape index (κ2) is 6.74. The third kappa shape index (κ3) is 3.63. The molecule has 0 fully saturated rings. The van der Waals surface area contributed by atoms with Gasteiger partial charge in [-0.3, -0.25) is 0 Å². The van der Waals surface area contributed by atoms with Crippen LogP contribution in [-0.2, 0) is 0 Å². The van der Waals surface area contributed by atoms with Crippen LogP contribution in [0.1, 0.15) is 49.8 Å². The van der Waals surface area contributed by atoms with Crippen molar-refractivity contribution < 1.29 is 0 Å².